The molecule has 0 atom stereocenters. The number of hydrogen-bond donors (Lipinski definition) is 3. The second kappa shape index (κ2) is 13.2. The van der Waals surface area contributed by atoms with Crippen molar-refractivity contribution in [1.29, 1.82) is 0 Å². The van der Waals surface area contributed by atoms with E-state index in [1.807, 2.05) is 12.1 Å². The Labute approximate surface area is 308 Å². The average Bonchev–Trinajstić information content (AvgIpc) is 4.02. The van der Waals surface area contributed by atoms with Crippen LogP contribution < -0.4 is 0 Å². The lowest BCUT2D eigenvalue weighted by molar-refractivity contribution is 0.282. The van der Waals surface area contributed by atoms with E-state index in [4.69, 9.17) is 9.97 Å². The summed E-state index contributed by atoms with van der Waals surface area (Å²) in [6.45, 7) is 6.32. The van der Waals surface area contributed by atoms with Gasteiger partial charge < -0.3 is 15.1 Å². The fourth-order valence-electron chi connectivity index (χ4n) is 7.36. The van der Waals surface area contributed by atoms with Gasteiger partial charge in [0, 0.05) is 44.3 Å². The molecule has 0 saturated carbocycles. The molecule has 0 amide bonds. The Bertz CT molecular complexity index is 2700. The summed E-state index contributed by atoms with van der Waals surface area (Å²) in [4.78, 5) is 18.4. The van der Waals surface area contributed by atoms with E-state index in [2.05, 4.69) is 164 Å². The summed E-state index contributed by atoms with van der Waals surface area (Å²) in [5, 5.41) is 9.84. The monoisotopic (exact) mass is 686 g/mol. The van der Waals surface area contributed by atoms with Crippen LogP contribution in [-0.2, 0) is 6.61 Å². The summed E-state index contributed by atoms with van der Waals surface area (Å²) in [5.41, 5.74) is 20.1. The summed E-state index contributed by atoms with van der Waals surface area (Å²) < 4.78 is 0. The van der Waals surface area contributed by atoms with Crippen LogP contribution in [0.1, 0.15) is 45.0 Å². The van der Waals surface area contributed by atoms with Crippen LogP contribution in [0.2, 0.25) is 0 Å². The van der Waals surface area contributed by atoms with Crippen LogP contribution in [0.4, 0.5) is 0 Å². The first-order valence-electron chi connectivity index (χ1n) is 18.0. The zero-order chi connectivity index (χ0) is 36.1. The molecule has 8 bridgehead atoms. The molecule has 5 nitrogen and oxygen atoms in total. The van der Waals surface area contributed by atoms with Gasteiger partial charge in [-0.3, -0.25) is 0 Å². The van der Waals surface area contributed by atoms with Crippen LogP contribution >= 0.6 is 0 Å². The molecule has 2 aliphatic rings. The van der Waals surface area contributed by atoms with Gasteiger partial charge in [-0.05, 0) is 97.2 Å². The maximum Gasteiger partial charge on any atom is 0.0737 e. The van der Waals surface area contributed by atoms with Gasteiger partial charge in [-0.1, -0.05) is 114 Å². The summed E-state index contributed by atoms with van der Waals surface area (Å²) in [7, 11) is 0. The van der Waals surface area contributed by atoms with Crippen molar-refractivity contribution < 1.29 is 5.11 Å². The number of H-pyrrole nitrogens is 2. The molecule has 0 fully saturated rings. The van der Waals surface area contributed by atoms with Crippen LogP contribution in [0.25, 0.3) is 90.9 Å². The number of aryl methyl sites for hydroxylation is 3. The number of aromatic nitrogens is 4. The first-order chi connectivity index (χ1) is 25.9. The van der Waals surface area contributed by atoms with Crippen molar-refractivity contribution in [3.05, 3.63) is 166 Å². The second-order valence-corrected chi connectivity index (χ2v) is 14.0. The minimum absolute atomic E-state index is 0.0133. The second-order valence-electron chi connectivity index (χ2n) is 14.0. The third kappa shape index (κ3) is 6.01. The summed E-state index contributed by atoms with van der Waals surface area (Å²) >= 11 is 0. The molecule has 0 radical (unpaired) electrons. The Kier molecular flexibility index (Phi) is 8.06. The van der Waals surface area contributed by atoms with E-state index in [1.54, 1.807) is 0 Å². The normalized spacial score (nSPS) is 12.1. The predicted molar refractivity (Wildman–Crippen MR) is 221 cm³/mol. The maximum atomic E-state index is 9.84. The van der Waals surface area contributed by atoms with E-state index in [0.717, 1.165) is 94.9 Å². The number of aliphatic hydroxyl groups is 1. The molecule has 2 aliphatic heterocycles. The molecular formula is C48H38N4O. The molecule has 0 aliphatic carbocycles. The Hall–Kier alpha value is -6.56. The zero-order valence-electron chi connectivity index (χ0n) is 29.9. The number of rotatable bonds is 5. The minimum Gasteiger partial charge on any atom is -0.392 e. The largest absolute Gasteiger partial charge is 0.392 e. The Morgan fingerprint density at radius 1 is 0.377 bits per heavy atom. The van der Waals surface area contributed by atoms with E-state index in [-0.39, 0.29) is 6.61 Å². The van der Waals surface area contributed by atoms with Crippen LogP contribution in [0.3, 0.4) is 0 Å². The summed E-state index contributed by atoms with van der Waals surface area (Å²) in [6.07, 6.45) is 8.50. The van der Waals surface area contributed by atoms with Crippen LogP contribution in [0.5, 0.6) is 0 Å². The molecule has 9 rings (SSSR count). The van der Waals surface area contributed by atoms with Gasteiger partial charge in [0.2, 0.25) is 0 Å². The maximum absolute atomic E-state index is 9.84. The topological polar surface area (TPSA) is 77.6 Å². The highest BCUT2D eigenvalue weighted by Crippen LogP contribution is 2.38. The van der Waals surface area contributed by atoms with Gasteiger partial charge in [-0.15, -0.1) is 0 Å². The van der Waals surface area contributed by atoms with Crippen molar-refractivity contribution in [2.45, 2.75) is 27.4 Å². The van der Waals surface area contributed by atoms with Gasteiger partial charge >= 0.3 is 0 Å². The highest BCUT2D eigenvalue weighted by molar-refractivity contribution is 5.99. The number of aromatic amines is 2. The molecule has 7 aromatic rings. The van der Waals surface area contributed by atoms with Crippen LogP contribution in [0.15, 0.2) is 121 Å². The van der Waals surface area contributed by atoms with E-state index < -0.39 is 0 Å². The SMILES string of the molecule is Cc1ccc(-c2c3nc(c(-c4ccc(C)cc4)c4ccc([nH]4)c(-c4ccc(CO)cc4)c4nc(c(-c5ccc(C)cc5)c5ccc2[nH]5)C=C4)C=C3)cc1. The van der Waals surface area contributed by atoms with Crippen molar-refractivity contribution >= 4 is 46.4 Å². The lowest BCUT2D eigenvalue weighted by Gasteiger charge is -2.08. The third-order valence-corrected chi connectivity index (χ3v) is 10.2. The lowest BCUT2D eigenvalue weighted by atomic mass is 10.0. The molecule has 256 valence electrons. The van der Waals surface area contributed by atoms with Crippen LogP contribution in [-0.4, -0.2) is 25.0 Å². The Balaban J connectivity index is 1.46. The highest BCUT2D eigenvalue weighted by Gasteiger charge is 2.19. The summed E-state index contributed by atoms with van der Waals surface area (Å²) in [6, 6.07) is 42.6. The number of benzene rings is 4. The minimum atomic E-state index is -0.0133. The molecule has 4 aromatic carbocycles. The number of hydrogen-bond acceptors (Lipinski definition) is 3. The Morgan fingerprint density at radius 3 is 0.906 bits per heavy atom. The molecular weight excluding hydrogens is 649 g/mol. The number of aliphatic hydroxyl groups excluding tert-OH is 1. The fourth-order valence-corrected chi connectivity index (χ4v) is 7.36. The van der Waals surface area contributed by atoms with E-state index in [0.29, 0.717) is 0 Å². The molecule has 0 saturated heterocycles. The standard InChI is InChI=1S/C48H38N4O/c1-29-4-12-33(13-5-29)45-37-20-22-39(49-37)46(34-14-6-30(2)7-15-34)41-24-26-43(51-41)48(36-18-10-32(28-53)11-19-36)44-27-25-42(52-44)47(40-23-21-38(45)50-40)35-16-8-31(3)9-17-35/h4-27,49,52-53H,28H2,1-3H3. The first kappa shape index (κ1) is 32.4. The number of nitrogens with one attached hydrogen (secondary N) is 2. The van der Waals surface area contributed by atoms with E-state index in [1.165, 1.54) is 16.7 Å². The van der Waals surface area contributed by atoms with Crippen molar-refractivity contribution in [2.75, 3.05) is 0 Å². The molecule has 3 N–H and O–H groups in total. The van der Waals surface area contributed by atoms with E-state index >= 15 is 0 Å². The first-order valence-corrected chi connectivity index (χ1v) is 18.0. The van der Waals surface area contributed by atoms with Gasteiger partial charge in [0.05, 0.1) is 29.4 Å². The quantitative estimate of drug-likeness (QED) is 0.169. The van der Waals surface area contributed by atoms with Crippen LogP contribution in [0, 0.1) is 20.8 Å². The molecule has 53 heavy (non-hydrogen) atoms. The van der Waals surface area contributed by atoms with E-state index in [9.17, 15) is 5.11 Å². The fraction of sp³-hybridized carbons (Fsp3) is 0.0833. The van der Waals surface area contributed by atoms with Crippen molar-refractivity contribution in [1.82, 2.24) is 19.9 Å². The van der Waals surface area contributed by atoms with Crippen molar-refractivity contribution in [3.8, 4) is 44.5 Å². The molecule has 5 heteroatoms. The highest BCUT2D eigenvalue weighted by atomic mass is 16.3. The Morgan fingerprint density at radius 2 is 0.642 bits per heavy atom. The van der Waals surface area contributed by atoms with Gasteiger partial charge in [0.1, 0.15) is 0 Å². The van der Waals surface area contributed by atoms with Gasteiger partial charge in [-0.2, -0.15) is 0 Å². The molecule has 0 spiro atoms. The van der Waals surface area contributed by atoms with Gasteiger partial charge in [-0.25, -0.2) is 9.97 Å². The smallest absolute Gasteiger partial charge is 0.0737 e. The lowest BCUT2D eigenvalue weighted by Crippen LogP contribution is -1.90. The van der Waals surface area contributed by atoms with Crippen molar-refractivity contribution in [2.24, 2.45) is 0 Å². The molecule has 3 aromatic heterocycles. The molecule has 0 unspecified atom stereocenters. The van der Waals surface area contributed by atoms with Crippen molar-refractivity contribution in [3.63, 3.8) is 0 Å². The zero-order valence-corrected chi connectivity index (χ0v) is 29.9. The van der Waals surface area contributed by atoms with Gasteiger partial charge in [0.25, 0.3) is 0 Å². The third-order valence-electron chi connectivity index (χ3n) is 10.2. The molecule has 5 heterocycles. The van der Waals surface area contributed by atoms with Gasteiger partial charge in [0.15, 0.2) is 0 Å². The number of fused-ring (bicyclic) bond motifs is 8. The number of nitrogens with zero attached hydrogens (tertiary/aromatic N) is 2. The predicted octanol–water partition coefficient (Wildman–Crippen LogP) is 11.7. The summed E-state index contributed by atoms with van der Waals surface area (Å²) in [5.74, 6) is 0. The average molecular weight is 687 g/mol.